The topological polar surface area (TPSA) is 65.1 Å². The van der Waals surface area contributed by atoms with Crippen molar-refractivity contribution in [3.63, 3.8) is 0 Å². The van der Waals surface area contributed by atoms with Crippen LogP contribution in [0.3, 0.4) is 0 Å². The van der Waals surface area contributed by atoms with Crippen LogP contribution in [0, 0.1) is 0 Å². The number of esters is 2. The van der Waals surface area contributed by atoms with Crippen LogP contribution in [-0.4, -0.2) is 36.9 Å². The summed E-state index contributed by atoms with van der Waals surface area (Å²) in [5.74, 6) is -0.843. The molecule has 5 heteroatoms. The molecule has 2 aliphatic rings. The molecule has 1 spiro atoms. The van der Waals surface area contributed by atoms with E-state index in [4.69, 9.17) is 14.2 Å². The minimum atomic E-state index is -1.03. The van der Waals surface area contributed by atoms with Crippen molar-refractivity contribution in [2.75, 3.05) is 13.2 Å². The zero-order valence-electron chi connectivity index (χ0n) is 10.1. The van der Waals surface area contributed by atoms with E-state index in [1.54, 1.807) is 0 Å². The highest BCUT2D eigenvalue weighted by atomic mass is 16.7. The third-order valence-corrected chi connectivity index (χ3v) is 3.17. The maximum absolute atomic E-state index is 11.7. The van der Waals surface area contributed by atoms with Crippen LogP contribution in [0.15, 0.2) is 0 Å². The number of epoxide rings is 1. The van der Waals surface area contributed by atoms with Gasteiger partial charge in [-0.1, -0.05) is 13.3 Å². The molecule has 96 valence electrons. The van der Waals surface area contributed by atoms with Gasteiger partial charge in [0.25, 0.3) is 0 Å². The number of hydrogen-bond donors (Lipinski definition) is 0. The highest BCUT2D eigenvalue weighted by Crippen LogP contribution is 2.44. The molecule has 0 aromatic heterocycles. The van der Waals surface area contributed by atoms with Crippen LogP contribution >= 0.6 is 0 Å². The van der Waals surface area contributed by atoms with Gasteiger partial charge in [0.2, 0.25) is 5.60 Å². The molecule has 0 radical (unpaired) electrons. The van der Waals surface area contributed by atoms with Gasteiger partial charge in [0.05, 0.1) is 13.2 Å². The highest BCUT2D eigenvalue weighted by Gasteiger charge is 2.68. The SMILES string of the molecule is CCCCOC(=O)C1OC12CCCCOC2=O. The van der Waals surface area contributed by atoms with Crippen molar-refractivity contribution in [1.29, 1.82) is 0 Å². The summed E-state index contributed by atoms with van der Waals surface area (Å²) in [4.78, 5) is 23.3. The van der Waals surface area contributed by atoms with E-state index in [9.17, 15) is 9.59 Å². The van der Waals surface area contributed by atoms with Crippen molar-refractivity contribution >= 4 is 11.9 Å². The molecule has 0 aliphatic carbocycles. The Kier molecular flexibility index (Phi) is 3.66. The number of hydrogen-bond acceptors (Lipinski definition) is 5. The molecule has 0 amide bonds. The van der Waals surface area contributed by atoms with Gasteiger partial charge in [0, 0.05) is 0 Å². The maximum atomic E-state index is 11.7. The van der Waals surface area contributed by atoms with Gasteiger partial charge in [-0.25, -0.2) is 9.59 Å². The highest BCUT2D eigenvalue weighted by molar-refractivity contribution is 5.94. The molecule has 0 N–H and O–H groups in total. The molecular weight excluding hydrogens is 224 g/mol. The van der Waals surface area contributed by atoms with Gasteiger partial charge in [-0.2, -0.15) is 0 Å². The molecule has 2 fully saturated rings. The van der Waals surface area contributed by atoms with Gasteiger partial charge in [-0.15, -0.1) is 0 Å². The zero-order valence-corrected chi connectivity index (χ0v) is 10.1. The summed E-state index contributed by atoms with van der Waals surface area (Å²) >= 11 is 0. The second-order valence-corrected chi connectivity index (χ2v) is 4.50. The smallest absolute Gasteiger partial charge is 0.341 e. The summed E-state index contributed by atoms with van der Waals surface area (Å²) in [5, 5.41) is 0. The van der Waals surface area contributed by atoms with Crippen LogP contribution in [0.2, 0.25) is 0 Å². The summed E-state index contributed by atoms with van der Waals surface area (Å²) < 4.78 is 15.3. The van der Waals surface area contributed by atoms with Gasteiger partial charge in [-0.05, 0) is 25.7 Å². The lowest BCUT2D eigenvalue weighted by Crippen LogP contribution is -2.31. The van der Waals surface area contributed by atoms with Crippen LogP contribution in [-0.2, 0) is 23.8 Å². The minimum Gasteiger partial charge on any atom is -0.464 e. The van der Waals surface area contributed by atoms with E-state index >= 15 is 0 Å². The normalized spacial score (nSPS) is 31.8. The first kappa shape index (κ1) is 12.4. The van der Waals surface area contributed by atoms with E-state index in [1.165, 1.54) is 0 Å². The number of rotatable bonds is 4. The Bertz CT molecular complexity index is 314. The number of unbranched alkanes of at least 4 members (excludes halogenated alkanes) is 1. The zero-order chi connectivity index (χ0) is 12.3. The summed E-state index contributed by atoms with van der Waals surface area (Å²) in [5.41, 5.74) is -1.03. The second-order valence-electron chi connectivity index (χ2n) is 4.50. The van der Waals surface area contributed by atoms with Crippen molar-refractivity contribution in [3.8, 4) is 0 Å². The fraction of sp³-hybridized carbons (Fsp3) is 0.833. The first-order valence-electron chi connectivity index (χ1n) is 6.22. The molecule has 2 saturated heterocycles. The van der Waals surface area contributed by atoms with E-state index in [0.29, 0.717) is 19.6 Å². The van der Waals surface area contributed by atoms with E-state index < -0.39 is 23.6 Å². The Labute approximate surface area is 100 Å². The predicted octanol–water partition coefficient (Wildman–Crippen LogP) is 1.19. The fourth-order valence-corrected chi connectivity index (χ4v) is 2.03. The Balaban J connectivity index is 1.88. The number of carbonyl (C=O) groups is 2. The predicted molar refractivity (Wildman–Crippen MR) is 58.3 cm³/mol. The summed E-state index contributed by atoms with van der Waals surface area (Å²) in [6, 6.07) is 0. The monoisotopic (exact) mass is 242 g/mol. The van der Waals surface area contributed by atoms with Crippen molar-refractivity contribution in [2.45, 2.75) is 50.7 Å². The maximum Gasteiger partial charge on any atom is 0.341 e. The van der Waals surface area contributed by atoms with Gasteiger partial charge in [0.1, 0.15) is 0 Å². The van der Waals surface area contributed by atoms with E-state index in [-0.39, 0.29) is 0 Å². The van der Waals surface area contributed by atoms with Gasteiger partial charge in [0.15, 0.2) is 6.10 Å². The number of ether oxygens (including phenoxy) is 3. The average molecular weight is 242 g/mol. The Morgan fingerprint density at radius 2 is 2.35 bits per heavy atom. The first-order chi connectivity index (χ1) is 8.20. The van der Waals surface area contributed by atoms with Gasteiger partial charge < -0.3 is 14.2 Å². The largest absolute Gasteiger partial charge is 0.464 e. The Morgan fingerprint density at radius 1 is 1.53 bits per heavy atom. The lowest BCUT2D eigenvalue weighted by Gasteiger charge is -2.06. The summed E-state index contributed by atoms with van der Waals surface area (Å²) in [6.45, 7) is 2.83. The molecule has 0 aromatic rings. The quantitative estimate of drug-likeness (QED) is 0.421. The van der Waals surface area contributed by atoms with E-state index in [1.807, 2.05) is 6.92 Å². The molecular formula is C12H18O5. The average Bonchev–Trinajstić information content (AvgIpc) is 3.07. The minimum absolute atomic E-state index is 0.389. The standard InChI is InChI=1S/C12H18O5/c1-2-3-7-15-10(13)9-12(17-9)6-4-5-8-16-11(12)14/h9H,2-8H2,1H3. The molecule has 0 saturated carbocycles. The van der Waals surface area contributed by atoms with E-state index in [0.717, 1.165) is 25.7 Å². The van der Waals surface area contributed by atoms with Crippen molar-refractivity contribution in [3.05, 3.63) is 0 Å². The molecule has 2 rings (SSSR count). The van der Waals surface area contributed by atoms with Crippen molar-refractivity contribution in [2.24, 2.45) is 0 Å². The fourth-order valence-electron chi connectivity index (χ4n) is 2.03. The lowest BCUT2D eigenvalue weighted by molar-refractivity contribution is -0.150. The number of cyclic esters (lactones) is 1. The summed E-state index contributed by atoms with van der Waals surface area (Å²) in [7, 11) is 0. The molecule has 17 heavy (non-hydrogen) atoms. The molecule has 2 heterocycles. The third kappa shape index (κ3) is 2.44. The number of carbonyl (C=O) groups excluding carboxylic acids is 2. The van der Waals surface area contributed by atoms with Crippen LogP contribution in [0.4, 0.5) is 0 Å². The summed E-state index contributed by atoms with van der Waals surface area (Å²) in [6.07, 6.45) is 3.27. The molecule has 2 unspecified atom stereocenters. The second kappa shape index (κ2) is 5.04. The van der Waals surface area contributed by atoms with Crippen molar-refractivity contribution < 1.29 is 23.8 Å². The van der Waals surface area contributed by atoms with Crippen LogP contribution < -0.4 is 0 Å². The van der Waals surface area contributed by atoms with Crippen molar-refractivity contribution in [1.82, 2.24) is 0 Å². The lowest BCUT2D eigenvalue weighted by atomic mass is 9.99. The molecule has 5 nitrogen and oxygen atoms in total. The molecule has 0 aromatic carbocycles. The van der Waals surface area contributed by atoms with Crippen LogP contribution in [0.1, 0.15) is 39.0 Å². The molecule has 0 bridgehead atoms. The Hall–Kier alpha value is -1.10. The third-order valence-electron chi connectivity index (χ3n) is 3.17. The van der Waals surface area contributed by atoms with Crippen LogP contribution in [0.5, 0.6) is 0 Å². The molecule has 2 atom stereocenters. The van der Waals surface area contributed by atoms with E-state index in [2.05, 4.69) is 0 Å². The van der Waals surface area contributed by atoms with Crippen LogP contribution in [0.25, 0.3) is 0 Å². The van der Waals surface area contributed by atoms with Gasteiger partial charge in [-0.3, -0.25) is 0 Å². The Morgan fingerprint density at radius 3 is 3.12 bits per heavy atom. The first-order valence-corrected chi connectivity index (χ1v) is 6.22. The van der Waals surface area contributed by atoms with Gasteiger partial charge >= 0.3 is 11.9 Å². The molecule has 2 aliphatic heterocycles.